The topological polar surface area (TPSA) is 92.2 Å². The molecule has 0 spiro atoms. The molecule has 0 aliphatic carbocycles. The van der Waals surface area contributed by atoms with E-state index in [0.29, 0.717) is 5.56 Å². The second-order valence-corrected chi connectivity index (χ2v) is 3.31. The normalized spacial score (nSPS) is 12.8. The third kappa shape index (κ3) is 4.00. The zero-order valence-electron chi connectivity index (χ0n) is 8.81. The summed E-state index contributed by atoms with van der Waals surface area (Å²) in [5.41, 5.74) is 0.298. The van der Waals surface area contributed by atoms with Crippen LogP contribution < -0.4 is 5.32 Å². The Bertz CT molecular complexity index is 436. The van der Waals surface area contributed by atoms with Crippen LogP contribution in [0.15, 0.2) is 18.7 Å². The highest BCUT2D eigenvalue weighted by atomic mass is 19.4. The molecule has 2 N–H and O–H groups in total. The number of carbonyl (C=O) groups is 2. The van der Waals surface area contributed by atoms with E-state index in [1.54, 1.807) is 0 Å². The van der Waals surface area contributed by atoms with Crippen LogP contribution in [0.3, 0.4) is 0 Å². The van der Waals surface area contributed by atoms with Gasteiger partial charge in [0.25, 0.3) is 0 Å². The van der Waals surface area contributed by atoms with E-state index in [4.69, 9.17) is 5.11 Å². The molecule has 0 radical (unpaired) electrons. The molecule has 9 heteroatoms. The summed E-state index contributed by atoms with van der Waals surface area (Å²) < 4.78 is 35.9. The van der Waals surface area contributed by atoms with Crippen molar-refractivity contribution < 1.29 is 27.9 Å². The van der Waals surface area contributed by atoms with E-state index in [0.717, 1.165) is 0 Å². The zero-order chi connectivity index (χ0) is 13.8. The number of nitrogens with one attached hydrogen (secondary N) is 1. The summed E-state index contributed by atoms with van der Waals surface area (Å²) in [6, 6.07) is -1.69. The minimum atomic E-state index is -5.12. The summed E-state index contributed by atoms with van der Waals surface area (Å²) in [5, 5.41) is 10.1. The number of alkyl halides is 3. The highest BCUT2D eigenvalue weighted by molar-refractivity contribution is 5.87. The Morgan fingerprint density at radius 2 is 1.89 bits per heavy atom. The summed E-state index contributed by atoms with van der Waals surface area (Å²) in [4.78, 5) is 28.6. The molecule has 0 bridgehead atoms. The van der Waals surface area contributed by atoms with Gasteiger partial charge in [0.15, 0.2) is 0 Å². The Morgan fingerprint density at radius 1 is 1.33 bits per heavy atom. The van der Waals surface area contributed by atoms with Crippen molar-refractivity contribution >= 4 is 11.9 Å². The lowest BCUT2D eigenvalue weighted by molar-refractivity contribution is -0.175. The van der Waals surface area contributed by atoms with Gasteiger partial charge in [-0.3, -0.25) is 4.79 Å². The van der Waals surface area contributed by atoms with Crippen LogP contribution in [-0.2, 0) is 16.0 Å². The van der Waals surface area contributed by atoms with Gasteiger partial charge in [-0.1, -0.05) is 0 Å². The number of nitrogens with zero attached hydrogens (tertiary/aromatic N) is 2. The lowest BCUT2D eigenvalue weighted by Crippen LogP contribution is -2.47. The predicted octanol–water partition coefficient (Wildman–Crippen LogP) is 0.151. The molecular weight excluding hydrogens is 255 g/mol. The molecule has 1 heterocycles. The Hall–Kier alpha value is -2.19. The van der Waals surface area contributed by atoms with Crippen molar-refractivity contribution in [2.45, 2.75) is 18.6 Å². The maximum absolute atomic E-state index is 12.0. The van der Waals surface area contributed by atoms with E-state index in [2.05, 4.69) is 9.97 Å². The maximum atomic E-state index is 12.0. The molecule has 98 valence electrons. The summed E-state index contributed by atoms with van der Waals surface area (Å²) in [7, 11) is 0. The zero-order valence-corrected chi connectivity index (χ0v) is 8.81. The highest BCUT2D eigenvalue weighted by Crippen LogP contribution is 2.15. The Morgan fingerprint density at radius 3 is 2.33 bits per heavy atom. The molecule has 0 aliphatic heterocycles. The number of carboxylic acid groups (broad SMARTS) is 1. The molecule has 0 saturated carbocycles. The van der Waals surface area contributed by atoms with Gasteiger partial charge in [0, 0.05) is 18.8 Å². The van der Waals surface area contributed by atoms with Crippen molar-refractivity contribution in [1.29, 1.82) is 0 Å². The molecule has 0 aliphatic rings. The van der Waals surface area contributed by atoms with Crippen LogP contribution in [-0.4, -0.2) is 39.2 Å². The van der Waals surface area contributed by atoms with Crippen LogP contribution in [0.2, 0.25) is 0 Å². The first-order valence-electron chi connectivity index (χ1n) is 4.65. The largest absolute Gasteiger partial charge is 0.480 e. The number of hydrogen-bond donors (Lipinski definition) is 2. The van der Waals surface area contributed by atoms with Crippen molar-refractivity contribution in [3.05, 3.63) is 24.3 Å². The van der Waals surface area contributed by atoms with E-state index < -0.39 is 24.1 Å². The molecule has 0 saturated heterocycles. The molecule has 1 atom stereocenters. The van der Waals surface area contributed by atoms with Crippen LogP contribution in [0.25, 0.3) is 0 Å². The minimum absolute atomic E-state index is 0.298. The predicted molar refractivity (Wildman–Crippen MR) is 51.4 cm³/mol. The number of carbonyl (C=O) groups excluding carboxylic acids is 1. The summed E-state index contributed by atoms with van der Waals surface area (Å²) in [6.45, 7) is 0. The van der Waals surface area contributed by atoms with Crippen LogP contribution in [0.4, 0.5) is 13.2 Å². The number of hydrogen-bond acceptors (Lipinski definition) is 4. The first-order valence-corrected chi connectivity index (χ1v) is 4.65. The Balaban J connectivity index is 2.73. The number of aromatic nitrogens is 2. The fourth-order valence-electron chi connectivity index (χ4n) is 1.11. The van der Waals surface area contributed by atoms with E-state index in [1.165, 1.54) is 24.0 Å². The van der Waals surface area contributed by atoms with Gasteiger partial charge in [-0.05, 0) is 5.56 Å². The van der Waals surface area contributed by atoms with Crippen molar-refractivity contribution in [1.82, 2.24) is 15.3 Å². The Kier molecular flexibility index (Phi) is 4.18. The standard InChI is InChI=1S/C9H8F3N3O3/c10-9(11,12)8(18)15-6(7(16)17)1-5-2-13-4-14-3-5/h2-4,6H,1H2,(H,15,18)(H,16,17). The summed E-state index contributed by atoms with van der Waals surface area (Å²) in [6.07, 6.45) is -1.77. The summed E-state index contributed by atoms with van der Waals surface area (Å²) in [5.74, 6) is -3.87. The fraction of sp³-hybridized carbons (Fsp3) is 0.333. The molecule has 1 amide bonds. The number of aliphatic carboxylic acids is 1. The molecule has 0 fully saturated rings. The molecule has 1 aromatic rings. The molecule has 1 unspecified atom stereocenters. The molecule has 6 nitrogen and oxygen atoms in total. The van der Waals surface area contributed by atoms with E-state index in [-0.39, 0.29) is 6.42 Å². The quantitative estimate of drug-likeness (QED) is 0.806. The second kappa shape index (κ2) is 5.43. The SMILES string of the molecule is O=C(O)C(Cc1cncnc1)NC(=O)C(F)(F)F. The smallest absolute Gasteiger partial charge is 0.471 e. The van der Waals surface area contributed by atoms with Crippen molar-refractivity contribution in [2.24, 2.45) is 0 Å². The van der Waals surface area contributed by atoms with Crippen LogP contribution in [0, 0.1) is 0 Å². The number of amides is 1. The molecule has 1 rings (SSSR count). The molecule has 0 aromatic carbocycles. The lowest BCUT2D eigenvalue weighted by Gasteiger charge is -2.15. The van der Waals surface area contributed by atoms with Crippen LogP contribution >= 0.6 is 0 Å². The van der Waals surface area contributed by atoms with E-state index >= 15 is 0 Å². The van der Waals surface area contributed by atoms with Gasteiger partial charge in [0.1, 0.15) is 12.4 Å². The van der Waals surface area contributed by atoms with Crippen LogP contribution in [0.1, 0.15) is 5.56 Å². The lowest BCUT2D eigenvalue weighted by atomic mass is 10.1. The fourth-order valence-corrected chi connectivity index (χ4v) is 1.11. The average molecular weight is 263 g/mol. The van der Waals surface area contributed by atoms with Gasteiger partial charge in [-0.25, -0.2) is 14.8 Å². The third-order valence-electron chi connectivity index (χ3n) is 1.91. The van der Waals surface area contributed by atoms with Gasteiger partial charge >= 0.3 is 18.1 Å². The maximum Gasteiger partial charge on any atom is 0.471 e. The first-order chi connectivity index (χ1) is 8.30. The average Bonchev–Trinajstić information content (AvgIpc) is 2.28. The van der Waals surface area contributed by atoms with Gasteiger partial charge in [0.2, 0.25) is 0 Å². The van der Waals surface area contributed by atoms with Crippen LogP contribution in [0.5, 0.6) is 0 Å². The third-order valence-corrected chi connectivity index (χ3v) is 1.91. The van der Waals surface area contributed by atoms with Gasteiger partial charge in [-0.2, -0.15) is 13.2 Å². The highest BCUT2D eigenvalue weighted by Gasteiger charge is 2.40. The van der Waals surface area contributed by atoms with Gasteiger partial charge in [-0.15, -0.1) is 0 Å². The first kappa shape index (κ1) is 13.9. The number of halogens is 3. The van der Waals surface area contributed by atoms with Crippen molar-refractivity contribution in [3.63, 3.8) is 0 Å². The van der Waals surface area contributed by atoms with Crippen molar-refractivity contribution in [2.75, 3.05) is 0 Å². The van der Waals surface area contributed by atoms with Gasteiger partial charge < -0.3 is 10.4 Å². The Labute approximate surface area is 98.9 Å². The van der Waals surface area contributed by atoms with E-state index in [1.807, 2.05) is 0 Å². The monoisotopic (exact) mass is 263 g/mol. The van der Waals surface area contributed by atoms with Crippen molar-refractivity contribution in [3.8, 4) is 0 Å². The molecule has 1 aromatic heterocycles. The number of carboxylic acids is 1. The number of rotatable bonds is 4. The van der Waals surface area contributed by atoms with Gasteiger partial charge in [0.05, 0.1) is 0 Å². The minimum Gasteiger partial charge on any atom is -0.480 e. The second-order valence-electron chi connectivity index (χ2n) is 3.31. The molecule has 18 heavy (non-hydrogen) atoms. The molecular formula is C9H8F3N3O3. The van der Waals surface area contributed by atoms with E-state index in [9.17, 15) is 22.8 Å². The summed E-state index contributed by atoms with van der Waals surface area (Å²) >= 11 is 0.